The smallest absolute Gasteiger partial charge is 0.416 e. The fourth-order valence-corrected chi connectivity index (χ4v) is 2.43. The molecule has 0 fully saturated rings. The Morgan fingerprint density at radius 2 is 1.92 bits per heavy atom. The summed E-state index contributed by atoms with van der Waals surface area (Å²) in [6, 6.07) is 12.0. The van der Waals surface area contributed by atoms with Crippen LogP contribution in [0.3, 0.4) is 0 Å². The summed E-state index contributed by atoms with van der Waals surface area (Å²) in [6.45, 7) is 0.523. The van der Waals surface area contributed by atoms with Gasteiger partial charge in [-0.05, 0) is 35.9 Å². The van der Waals surface area contributed by atoms with Crippen molar-refractivity contribution in [3.05, 3.63) is 65.7 Å². The third-order valence-electron chi connectivity index (χ3n) is 3.71. The summed E-state index contributed by atoms with van der Waals surface area (Å²) in [7, 11) is 0. The quantitative estimate of drug-likeness (QED) is 0.843. The van der Waals surface area contributed by atoms with E-state index in [0.717, 1.165) is 12.1 Å². The topological polar surface area (TPSA) is 47.6 Å². The van der Waals surface area contributed by atoms with Crippen LogP contribution in [0.15, 0.2) is 54.6 Å². The molecule has 0 saturated carbocycles. The Hall–Kier alpha value is -2.96. The first kappa shape index (κ1) is 17.8. The van der Waals surface area contributed by atoms with Gasteiger partial charge in [-0.2, -0.15) is 13.2 Å². The molecular formula is C19H16F3NO3. The molecule has 0 bridgehead atoms. The van der Waals surface area contributed by atoms with Gasteiger partial charge in [-0.15, -0.1) is 0 Å². The van der Waals surface area contributed by atoms with Crippen LogP contribution in [0.5, 0.6) is 11.5 Å². The molecule has 136 valence electrons. The van der Waals surface area contributed by atoms with Crippen LogP contribution in [0.1, 0.15) is 11.1 Å². The lowest BCUT2D eigenvalue weighted by molar-refractivity contribution is -0.137. The summed E-state index contributed by atoms with van der Waals surface area (Å²) in [5.41, 5.74) is -0.465. The van der Waals surface area contributed by atoms with Crippen molar-refractivity contribution < 1.29 is 27.4 Å². The molecule has 0 unspecified atom stereocenters. The first-order valence-electron chi connectivity index (χ1n) is 7.93. The number of nitrogens with one attached hydrogen (secondary N) is 1. The van der Waals surface area contributed by atoms with Gasteiger partial charge in [-0.25, -0.2) is 0 Å². The van der Waals surface area contributed by atoms with E-state index >= 15 is 0 Å². The van der Waals surface area contributed by atoms with Crippen molar-refractivity contribution in [2.75, 3.05) is 13.2 Å². The predicted octanol–water partition coefficient (Wildman–Crippen LogP) is 3.67. The monoisotopic (exact) mass is 363 g/mol. The molecule has 1 atom stereocenters. The number of hydrogen-bond acceptors (Lipinski definition) is 3. The fourth-order valence-electron chi connectivity index (χ4n) is 2.43. The normalized spacial score (nSPS) is 16.5. The SMILES string of the molecule is O=C(/C=C/c1cccc(C(F)(F)F)c1)NC[C@@H]1COc2ccccc2O1. The number of alkyl halides is 3. The number of carbonyl (C=O) groups is 1. The van der Waals surface area contributed by atoms with E-state index < -0.39 is 17.6 Å². The molecule has 26 heavy (non-hydrogen) atoms. The van der Waals surface area contributed by atoms with Crippen LogP contribution in [0.25, 0.3) is 6.08 Å². The lowest BCUT2D eigenvalue weighted by Crippen LogP contribution is -2.40. The molecule has 7 heteroatoms. The van der Waals surface area contributed by atoms with Crippen molar-refractivity contribution in [3.63, 3.8) is 0 Å². The summed E-state index contributed by atoms with van der Waals surface area (Å²) >= 11 is 0. The van der Waals surface area contributed by atoms with Crippen molar-refractivity contribution in [3.8, 4) is 11.5 Å². The largest absolute Gasteiger partial charge is 0.486 e. The van der Waals surface area contributed by atoms with E-state index in [1.807, 2.05) is 12.1 Å². The molecule has 0 aromatic heterocycles. The van der Waals surface area contributed by atoms with Gasteiger partial charge in [0.2, 0.25) is 5.91 Å². The third kappa shape index (κ3) is 4.56. The van der Waals surface area contributed by atoms with Crippen LogP contribution in [-0.4, -0.2) is 25.2 Å². The summed E-state index contributed by atoms with van der Waals surface area (Å²) in [5.74, 6) is 0.835. The number of rotatable bonds is 4. The highest BCUT2D eigenvalue weighted by atomic mass is 19.4. The maximum atomic E-state index is 12.7. The molecule has 1 amide bonds. The van der Waals surface area contributed by atoms with Crippen molar-refractivity contribution in [2.45, 2.75) is 12.3 Å². The molecule has 4 nitrogen and oxygen atoms in total. The number of para-hydroxylation sites is 2. The lowest BCUT2D eigenvalue weighted by Gasteiger charge is -2.26. The zero-order valence-electron chi connectivity index (χ0n) is 13.6. The molecule has 2 aromatic carbocycles. The first-order chi connectivity index (χ1) is 12.4. The van der Waals surface area contributed by atoms with Crippen molar-refractivity contribution in [1.29, 1.82) is 0 Å². The van der Waals surface area contributed by atoms with E-state index in [2.05, 4.69) is 5.32 Å². The van der Waals surface area contributed by atoms with Gasteiger partial charge in [-0.1, -0.05) is 24.3 Å². The van der Waals surface area contributed by atoms with Gasteiger partial charge < -0.3 is 14.8 Å². The summed E-state index contributed by atoms with van der Waals surface area (Å²) in [5, 5.41) is 2.65. The molecule has 1 aliphatic rings. The fraction of sp³-hybridized carbons (Fsp3) is 0.211. The number of hydrogen-bond donors (Lipinski definition) is 1. The minimum atomic E-state index is -4.42. The highest BCUT2D eigenvalue weighted by molar-refractivity contribution is 5.91. The summed E-state index contributed by atoms with van der Waals surface area (Å²) < 4.78 is 49.3. The van der Waals surface area contributed by atoms with Gasteiger partial charge in [0.15, 0.2) is 11.5 Å². The number of benzene rings is 2. The Labute approximate surface area is 148 Å². The average molecular weight is 363 g/mol. The highest BCUT2D eigenvalue weighted by Crippen LogP contribution is 2.31. The van der Waals surface area contributed by atoms with Gasteiger partial charge in [-0.3, -0.25) is 4.79 Å². The number of fused-ring (bicyclic) bond motifs is 1. The zero-order valence-corrected chi connectivity index (χ0v) is 13.6. The Kier molecular flexibility index (Phi) is 5.16. The number of halogens is 3. The Balaban J connectivity index is 1.53. The standard InChI is InChI=1S/C19H16F3NO3/c20-19(21,22)14-5-3-4-13(10-14)8-9-18(24)23-11-15-12-25-16-6-1-2-7-17(16)26-15/h1-10,15H,11-12H2,(H,23,24)/b9-8+/t15-/m1/s1. The zero-order chi connectivity index (χ0) is 18.6. The molecule has 2 aromatic rings. The van der Waals surface area contributed by atoms with Crippen LogP contribution in [0, 0.1) is 0 Å². The Morgan fingerprint density at radius 1 is 1.15 bits per heavy atom. The minimum Gasteiger partial charge on any atom is -0.486 e. The minimum absolute atomic E-state index is 0.222. The van der Waals surface area contributed by atoms with E-state index in [-0.39, 0.29) is 12.6 Å². The maximum absolute atomic E-state index is 12.7. The van der Waals surface area contributed by atoms with Gasteiger partial charge in [0.05, 0.1) is 12.1 Å². The summed E-state index contributed by atoms with van der Waals surface area (Å²) in [4.78, 5) is 11.9. The molecule has 0 aliphatic carbocycles. The van der Waals surface area contributed by atoms with Crippen LogP contribution >= 0.6 is 0 Å². The molecular weight excluding hydrogens is 347 g/mol. The average Bonchev–Trinajstić information content (AvgIpc) is 2.64. The van der Waals surface area contributed by atoms with E-state index in [1.54, 1.807) is 12.1 Å². The van der Waals surface area contributed by atoms with Crippen LogP contribution in [-0.2, 0) is 11.0 Å². The molecule has 0 spiro atoms. The second-order valence-corrected chi connectivity index (χ2v) is 5.70. The molecule has 0 radical (unpaired) electrons. The van der Waals surface area contributed by atoms with Gasteiger partial charge in [0.25, 0.3) is 0 Å². The highest BCUT2D eigenvalue weighted by Gasteiger charge is 2.30. The molecule has 1 heterocycles. The van der Waals surface area contributed by atoms with Gasteiger partial charge in [0, 0.05) is 6.08 Å². The predicted molar refractivity (Wildman–Crippen MR) is 89.8 cm³/mol. The van der Waals surface area contributed by atoms with E-state index in [0.29, 0.717) is 23.7 Å². The second-order valence-electron chi connectivity index (χ2n) is 5.70. The maximum Gasteiger partial charge on any atom is 0.416 e. The first-order valence-corrected chi connectivity index (χ1v) is 7.93. The molecule has 3 rings (SSSR count). The Bertz CT molecular complexity index is 818. The molecule has 1 aliphatic heterocycles. The third-order valence-corrected chi connectivity index (χ3v) is 3.71. The number of amides is 1. The number of ether oxygens (including phenoxy) is 2. The van der Waals surface area contributed by atoms with E-state index in [1.165, 1.54) is 24.3 Å². The van der Waals surface area contributed by atoms with Crippen molar-refractivity contribution in [2.24, 2.45) is 0 Å². The summed E-state index contributed by atoms with van der Waals surface area (Å²) in [6.07, 6.45) is -2.23. The van der Waals surface area contributed by atoms with Gasteiger partial charge >= 0.3 is 6.18 Å². The van der Waals surface area contributed by atoms with Crippen LogP contribution in [0.2, 0.25) is 0 Å². The molecule has 0 saturated heterocycles. The van der Waals surface area contributed by atoms with Crippen molar-refractivity contribution in [1.82, 2.24) is 5.32 Å². The van der Waals surface area contributed by atoms with Crippen LogP contribution in [0.4, 0.5) is 13.2 Å². The number of carbonyl (C=O) groups excluding carboxylic acids is 1. The Morgan fingerprint density at radius 3 is 2.69 bits per heavy atom. The van der Waals surface area contributed by atoms with Crippen LogP contribution < -0.4 is 14.8 Å². The van der Waals surface area contributed by atoms with Crippen molar-refractivity contribution >= 4 is 12.0 Å². The van der Waals surface area contributed by atoms with E-state index in [4.69, 9.17) is 9.47 Å². The second kappa shape index (κ2) is 7.51. The lowest BCUT2D eigenvalue weighted by atomic mass is 10.1. The van der Waals surface area contributed by atoms with E-state index in [9.17, 15) is 18.0 Å². The van der Waals surface area contributed by atoms with Gasteiger partial charge in [0.1, 0.15) is 12.7 Å². The molecule has 1 N–H and O–H groups in total.